The van der Waals surface area contributed by atoms with Crippen molar-refractivity contribution in [3.8, 4) is 0 Å². The molecule has 0 aliphatic carbocycles. The third kappa shape index (κ3) is 5.27. The lowest BCUT2D eigenvalue weighted by Gasteiger charge is -2.36. The van der Waals surface area contributed by atoms with E-state index in [4.69, 9.17) is 4.43 Å². The molecule has 2 heterocycles. The van der Waals surface area contributed by atoms with Crippen LogP contribution in [0.1, 0.15) is 40.0 Å². The Labute approximate surface area is 175 Å². The first-order valence-electron chi connectivity index (χ1n) is 10.8. The van der Waals surface area contributed by atoms with Crippen LogP contribution in [0.15, 0.2) is 29.1 Å². The molecule has 1 aliphatic heterocycles. The van der Waals surface area contributed by atoms with Gasteiger partial charge in [0, 0.05) is 37.7 Å². The Morgan fingerprint density at radius 2 is 1.97 bits per heavy atom. The van der Waals surface area contributed by atoms with Crippen LogP contribution in [0, 0.1) is 0 Å². The van der Waals surface area contributed by atoms with Gasteiger partial charge in [-0.3, -0.25) is 4.79 Å². The Morgan fingerprint density at radius 1 is 1.24 bits per heavy atom. The smallest absolute Gasteiger partial charge is 0.272 e. The Bertz CT molecular complexity index is 875. The van der Waals surface area contributed by atoms with Crippen molar-refractivity contribution in [2.24, 2.45) is 0 Å². The van der Waals surface area contributed by atoms with Gasteiger partial charge >= 0.3 is 0 Å². The summed E-state index contributed by atoms with van der Waals surface area (Å²) in [7, 11) is -1.70. The molecule has 2 N–H and O–H groups in total. The predicted molar refractivity (Wildman–Crippen MR) is 123 cm³/mol. The fraction of sp³-hybridized carbons (Fsp3) is 0.636. The number of rotatable bonds is 6. The first kappa shape index (κ1) is 22.0. The van der Waals surface area contributed by atoms with Gasteiger partial charge in [-0.15, -0.1) is 0 Å². The van der Waals surface area contributed by atoms with Crippen LogP contribution < -0.4 is 15.8 Å². The van der Waals surface area contributed by atoms with E-state index >= 15 is 0 Å². The lowest BCUT2D eigenvalue weighted by Crippen LogP contribution is -2.45. The second kappa shape index (κ2) is 8.98. The number of aromatic nitrogens is 2. The zero-order chi connectivity index (χ0) is 21.1. The first-order valence-corrected chi connectivity index (χ1v) is 13.7. The number of H-pyrrole nitrogens is 1. The quantitative estimate of drug-likeness (QED) is 0.552. The summed E-state index contributed by atoms with van der Waals surface area (Å²) in [5.74, 6) is 0.881. The maximum absolute atomic E-state index is 12.1. The largest absolute Gasteiger partial charge is 0.416 e. The van der Waals surface area contributed by atoms with Gasteiger partial charge in [0.2, 0.25) is 0 Å². The van der Waals surface area contributed by atoms with E-state index in [-0.39, 0.29) is 10.6 Å². The van der Waals surface area contributed by atoms with Gasteiger partial charge in [0.25, 0.3) is 5.56 Å². The third-order valence-corrected chi connectivity index (χ3v) is 11.0. The van der Waals surface area contributed by atoms with Gasteiger partial charge in [-0.2, -0.15) is 5.10 Å². The molecule has 0 radical (unpaired) electrons. The average molecular weight is 417 g/mol. The standard InChI is InChI=1S/C22H36N4O2Si/c1-22(2,3)29(4,5)28-15-13-23-17-10-8-9-14-26(16-17)20-18-11-6-7-12-19(18)21(27)25-24-20/h6-7,11-12,17,23H,8-10,13-16H2,1-5H3,(H,25,27). The molecule has 1 aromatic carbocycles. The van der Waals surface area contributed by atoms with Crippen LogP contribution in [0.3, 0.4) is 0 Å². The average Bonchev–Trinajstić information content (AvgIpc) is 2.90. The molecule has 1 aliphatic rings. The number of benzene rings is 1. The summed E-state index contributed by atoms with van der Waals surface area (Å²) in [6, 6.07) is 8.13. The van der Waals surface area contributed by atoms with Crippen LogP contribution in [-0.2, 0) is 4.43 Å². The molecule has 0 bridgehead atoms. The van der Waals surface area contributed by atoms with Crippen LogP contribution in [0.5, 0.6) is 0 Å². The SMILES string of the molecule is CC(C)(C)[Si](C)(C)OCCNC1CCCCN(c2n[nH]c(=O)c3ccccc23)C1. The Kier molecular flexibility index (Phi) is 6.81. The van der Waals surface area contributed by atoms with Gasteiger partial charge in [0.1, 0.15) is 0 Å². The van der Waals surface area contributed by atoms with E-state index in [1.165, 1.54) is 6.42 Å². The molecule has 1 saturated heterocycles. The van der Waals surface area contributed by atoms with Gasteiger partial charge < -0.3 is 14.6 Å². The minimum Gasteiger partial charge on any atom is -0.416 e. The molecule has 3 rings (SSSR count). The van der Waals surface area contributed by atoms with E-state index in [0.29, 0.717) is 11.4 Å². The van der Waals surface area contributed by atoms with Crippen LogP contribution in [-0.4, -0.2) is 50.8 Å². The summed E-state index contributed by atoms with van der Waals surface area (Å²) < 4.78 is 6.31. The van der Waals surface area contributed by atoms with Crippen molar-refractivity contribution in [1.29, 1.82) is 0 Å². The molecule has 1 unspecified atom stereocenters. The molecule has 7 heteroatoms. The third-order valence-electron chi connectivity index (χ3n) is 6.45. The molecule has 0 saturated carbocycles. The van der Waals surface area contributed by atoms with Gasteiger partial charge in [-0.05, 0) is 37.0 Å². The monoisotopic (exact) mass is 416 g/mol. The van der Waals surface area contributed by atoms with Crippen molar-refractivity contribution in [3.05, 3.63) is 34.6 Å². The molecule has 1 fully saturated rings. The second-order valence-electron chi connectivity index (χ2n) is 9.62. The highest BCUT2D eigenvalue weighted by Gasteiger charge is 2.36. The van der Waals surface area contributed by atoms with Crippen LogP contribution in [0.4, 0.5) is 5.82 Å². The van der Waals surface area contributed by atoms with E-state index in [1.54, 1.807) is 0 Å². The fourth-order valence-corrected chi connectivity index (χ4v) is 4.67. The predicted octanol–water partition coefficient (Wildman–Crippen LogP) is 3.89. The van der Waals surface area contributed by atoms with Crippen molar-refractivity contribution in [3.63, 3.8) is 0 Å². The zero-order valence-electron chi connectivity index (χ0n) is 18.5. The number of hydrogen-bond acceptors (Lipinski definition) is 5. The Hall–Kier alpha value is -1.70. The van der Waals surface area contributed by atoms with Gasteiger partial charge in [-0.1, -0.05) is 45.4 Å². The van der Waals surface area contributed by atoms with Crippen molar-refractivity contribution < 1.29 is 4.43 Å². The summed E-state index contributed by atoms with van der Waals surface area (Å²) in [4.78, 5) is 14.4. The van der Waals surface area contributed by atoms with E-state index in [9.17, 15) is 4.79 Å². The topological polar surface area (TPSA) is 70.2 Å². The number of nitrogens with one attached hydrogen (secondary N) is 2. The maximum atomic E-state index is 12.1. The molecule has 0 spiro atoms. The van der Waals surface area contributed by atoms with Crippen molar-refractivity contribution in [2.45, 2.75) is 64.2 Å². The summed E-state index contributed by atoms with van der Waals surface area (Å²) in [6.07, 6.45) is 3.48. The lowest BCUT2D eigenvalue weighted by atomic mass is 10.1. The molecule has 29 heavy (non-hydrogen) atoms. The summed E-state index contributed by atoms with van der Waals surface area (Å²) >= 11 is 0. The fourth-order valence-electron chi connectivity index (χ4n) is 3.63. The minimum atomic E-state index is -1.70. The number of nitrogens with zero attached hydrogens (tertiary/aromatic N) is 2. The molecule has 6 nitrogen and oxygen atoms in total. The molecular formula is C22H36N4O2Si. The highest BCUT2D eigenvalue weighted by atomic mass is 28.4. The van der Waals surface area contributed by atoms with E-state index in [1.807, 2.05) is 24.3 Å². The van der Waals surface area contributed by atoms with Crippen molar-refractivity contribution in [2.75, 3.05) is 31.1 Å². The van der Waals surface area contributed by atoms with Gasteiger partial charge in [0.15, 0.2) is 14.1 Å². The Balaban J connectivity index is 1.64. The molecular weight excluding hydrogens is 380 g/mol. The van der Waals surface area contributed by atoms with Crippen molar-refractivity contribution in [1.82, 2.24) is 15.5 Å². The first-order chi connectivity index (χ1) is 13.7. The van der Waals surface area contributed by atoms with Crippen molar-refractivity contribution >= 4 is 24.9 Å². The molecule has 0 amide bonds. The van der Waals surface area contributed by atoms with Crippen LogP contribution in [0.25, 0.3) is 10.8 Å². The van der Waals surface area contributed by atoms with Crippen LogP contribution in [0.2, 0.25) is 18.1 Å². The minimum absolute atomic E-state index is 0.128. The lowest BCUT2D eigenvalue weighted by molar-refractivity contribution is 0.278. The number of hydrogen-bond donors (Lipinski definition) is 2. The number of fused-ring (bicyclic) bond motifs is 1. The number of aromatic amines is 1. The van der Waals surface area contributed by atoms with Crippen LogP contribution >= 0.6 is 0 Å². The van der Waals surface area contributed by atoms with Gasteiger partial charge in [0.05, 0.1) is 5.39 Å². The molecule has 2 aromatic rings. The van der Waals surface area contributed by atoms with Gasteiger partial charge in [-0.25, -0.2) is 5.10 Å². The summed E-state index contributed by atoms with van der Waals surface area (Å²) in [6.45, 7) is 14.9. The number of anilines is 1. The van der Waals surface area contributed by atoms with E-state index in [2.05, 4.69) is 54.3 Å². The molecule has 160 valence electrons. The second-order valence-corrected chi connectivity index (χ2v) is 14.4. The summed E-state index contributed by atoms with van der Waals surface area (Å²) in [5.41, 5.74) is -0.128. The Morgan fingerprint density at radius 3 is 2.69 bits per heavy atom. The highest BCUT2D eigenvalue weighted by Crippen LogP contribution is 2.36. The summed E-state index contributed by atoms with van der Waals surface area (Å²) in [5, 5.41) is 12.7. The normalized spacial score (nSPS) is 18.8. The maximum Gasteiger partial charge on any atom is 0.272 e. The highest BCUT2D eigenvalue weighted by molar-refractivity contribution is 6.74. The molecule has 1 atom stereocenters. The zero-order valence-corrected chi connectivity index (χ0v) is 19.5. The van der Waals surface area contributed by atoms with E-state index in [0.717, 1.165) is 50.3 Å². The molecule has 1 aromatic heterocycles. The van der Waals surface area contributed by atoms with E-state index < -0.39 is 8.32 Å².